The van der Waals surface area contributed by atoms with Crippen LogP contribution in [0.15, 0.2) is 4.99 Å². The monoisotopic (exact) mass is 245 g/mol. The maximum absolute atomic E-state index is 9.86. The van der Waals surface area contributed by atoms with Crippen LogP contribution < -0.4 is 0 Å². The van der Waals surface area contributed by atoms with Crippen molar-refractivity contribution in [1.29, 1.82) is 0 Å². The number of rotatable bonds is 9. The predicted octanol–water partition coefficient (Wildman–Crippen LogP) is 2.17. The fourth-order valence-electron chi connectivity index (χ4n) is 1.32. The molecular formula is C11H23NO3Si. The molecule has 0 aromatic carbocycles. The predicted molar refractivity (Wildman–Crippen MR) is 66.6 cm³/mol. The summed E-state index contributed by atoms with van der Waals surface area (Å²) in [5, 5.41) is 0. The van der Waals surface area contributed by atoms with Gasteiger partial charge in [0.25, 0.3) is 0 Å². The minimum Gasteiger partial charge on any atom is -0.394 e. The molecule has 0 radical (unpaired) electrons. The summed E-state index contributed by atoms with van der Waals surface area (Å²) in [6.07, 6.45) is 3.90. The summed E-state index contributed by atoms with van der Waals surface area (Å²) >= 11 is 0. The number of nitrogens with zero attached hydrogens (tertiary/aromatic N) is 1. The molecule has 0 saturated heterocycles. The van der Waals surface area contributed by atoms with Gasteiger partial charge in [0.15, 0.2) is 0 Å². The molecule has 0 aliphatic rings. The summed E-state index contributed by atoms with van der Waals surface area (Å²) in [7, 11) is -1.54. The molecule has 0 spiro atoms. The Bertz CT molecular complexity index is 205. The molecule has 0 bridgehead atoms. The van der Waals surface area contributed by atoms with Crippen LogP contribution in [0, 0.1) is 0 Å². The van der Waals surface area contributed by atoms with E-state index in [1.165, 1.54) is 0 Å². The quantitative estimate of drug-likeness (QED) is 0.271. The summed E-state index contributed by atoms with van der Waals surface area (Å²) in [5.41, 5.74) is 0. The zero-order valence-corrected chi connectivity index (χ0v) is 11.9. The molecule has 0 unspecified atom stereocenters. The molecule has 0 aromatic rings. The minimum atomic E-state index is -1.54. The summed E-state index contributed by atoms with van der Waals surface area (Å²) in [4.78, 5) is 13.4. The Kier molecular flexibility index (Phi) is 9.43. The smallest absolute Gasteiger partial charge is 0.321 e. The molecule has 0 atom stereocenters. The van der Waals surface area contributed by atoms with Crippen LogP contribution >= 0.6 is 0 Å². The van der Waals surface area contributed by atoms with Crippen molar-refractivity contribution in [1.82, 2.24) is 0 Å². The topological polar surface area (TPSA) is 47.9 Å². The van der Waals surface area contributed by atoms with Crippen LogP contribution in [0.1, 0.15) is 40.5 Å². The molecule has 94 valence electrons. The van der Waals surface area contributed by atoms with Gasteiger partial charge in [-0.3, -0.25) is 0 Å². The number of isocyanates is 1. The van der Waals surface area contributed by atoms with Crippen LogP contribution in [0.2, 0.25) is 6.04 Å². The van der Waals surface area contributed by atoms with Crippen LogP contribution in [0.4, 0.5) is 0 Å². The Labute approximate surface area is 99.9 Å². The minimum absolute atomic E-state index is 0.225. The van der Waals surface area contributed by atoms with E-state index in [0.717, 1.165) is 18.9 Å². The van der Waals surface area contributed by atoms with Crippen LogP contribution in [0.25, 0.3) is 0 Å². The number of hydrogen-bond donors (Lipinski definition) is 0. The first kappa shape index (κ1) is 15.5. The largest absolute Gasteiger partial charge is 0.394 e. The second kappa shape index (κ2) is 9.72. The van der Waals surface area contributed by atoms with Gasteiger partial charge in [0.1, 0.15) is 0 Å². The van der Waals surface area contributed by atoms with Gasteiger partial charge in [-0.05, 0) is 46.6 Å². The van der Waals surface area contributed by atoms with E-state index in [1.54, 1.807) is 6.08 Å². The second-order valence-electron chi connectivity index (χ2n) is 4.27. The summed E-state index contributed by atoms with van der Waals surface area (Å²) in [5.74, 6) is 0. The third kappa shape index (κ3) is 10.0. The molecule has 0 rings (SSSR count). The molecule has 0 saturated carbocycles. The first-order chi connectivity index (χ1) is 7.56. The van der Waals surface area contributed by atoms with Crippen molar-refractivity contribution in [3.63, 3.8) is 0 Å². The Morgan fingerprint density at radius 3 is 2.12 bits per heavy atom. The van der Waals surface area contributed by atoms with Crippen molar-refractivity contribution in [2.24, 2.45) is 4.99 Å². The lowest BCUT2D eigenvalue weighted by Gasteiger charge is -2.21. The van der Waals surface area contributed by atoms with Gasteiger partial charge in [-0.1, -0.05) is 0 Å². The van der Waals surface area contributed by atoms with Crippen molar-refractivity contribution >= 4 is 15.4 Å². The van der Waals surface area contributed by atoms with Gasteiger partial charge in [0.2, 0.25) is 6.08 Å². The number of unbranched alkanes of at least 4 members (excludes halogenated alkanes) is 1. The standard InChI is InChI=1S/C11H23NO3Si/c1-10(2)14-16(15-11(3)4)8-6-5-7-12-9-13/h10-11,16H,5-8H2,1-4H3. The molecule has 0 N–H and O–H groups in total. The van der Waals surface area contributed by atoms with Gasteiger partial charge in [-0.15, -0.1) is 0 Å². The first-order valence-electron chi connectivity index (χ1n) is 5.90. The lowest BCUT2D eigenvalue weighted by Crippen LogP contribution is -2.29. The van der Waals surface area contributed by atoms with Gasteiger partial charge in [0.05, 0.1) is 6.54 Å². The highest BCUT2D eigenvalue weighted by molar-refractivity contribution is 6.44. The SMILES string of the molecule is CC(C)O[SiH](CCCCN=C=O)OC(C)C. The second-order valence-corrected chi connectivity index (χ2v) is 6.25. The lowest BCUT2D eigenvalue weighted by molar-refractivity contribution is 0.129. The highest BCUT2D eigenvalue weighted by Crippen LogP contribution is 2.09. The van der Waals surface area contributed by atoms with Crippen LogP contribution in [0.5, 0.6) is 0 Å². The first-order valence-corrected chi connectivity index (χ1v) is 7.66. The van der Waals surface area contributed by atoms with Crippen molar-refractivity contribution in [3.8, 4) is 0 Å². The van der Waals surface area contributed by atoms with E-state index in [-0.39, 0.29) is 12.2 Å². The Hall–Kier alpha value is -0.483. The van der Waals surface area contributed by atoms with Crippen LogP contribution in [-0.4, -0.2) is 34.1 Å². The normalized spacial score (nSPS) is 11.2. The molecule has 4 nitrogen and oxygen atoms in total. The highest BCUT2D eigenvalue weighted by Gasteiger charge is 2.16. The van der Waals surface area contributed by atoms with Gasteiger partial charge in [-0.25, -0.2) is 9.79 Å². The van der Waals surface area contributed by atoms with E-state index in [1.807, 2.05) is 27.7 Å². The van der Waals surface area contributed by atoms with E-state index in [9.17, 15) is 4.79 Å². The maximum atomic E-state index is 9.86. The van der Waals surface area contributed by atoms with Crippen LogP contribution in [0.3, 0.4) is 0 Å². The lowest BCUT2D eigenvalue weighted by atomic mass is 10.3. The Morgan fingerprint density at radius 2 is 1.69 bits per heavy atom. The highest BCUT2D eigenvalue weighted by atomic mass is 28.3. The Morgan fingerprint density at radius 1 is 1.12 bits per heavy atom. The molecule has 0 amide bonds. The fraction of sp³-hybridized carbons (Fsp3) is 0.909. The van der Waals surface area contributed by atoms with Crippen molar-refractivity contribution in [3.05, 3.63) is 0 Å². The van der Waals surface area contributed by atoms with Gasteiger partial charge < -0.3 is 8.85 Å². The van der Waals surface area contributed by atoms with Gasteiger partial charge in [-0.2, -0.15) is 0 Å². The molecular weight excluding hydrogens is 222 g/mol. The van der Waals surface area contributed by atoms with E-state index < -0.39 is 9.28 Å². The fourth-order valence-corrected chi connectivity index (χ4v) is 3.50. The van der Waals surface area contributed by atoms with Crippen molar-refractivity contribution in [2.75, 3.05) is 6.54 Å². The molecule has 5 heteroatoms. The molecule has 0 aliphatic carbocycles. The average molecular weight is 245 g/mol. The molecule has 0 heterocycles. The molecule has 0 aliphatic heterocycles. The van der Waals surface area contributed by atoms with E-state index in [0.29, 0.717) is 6.54 Å². The third-order valence-corrected chi connectivity index (χ3v) is 4.45. The van der Waals surface area contributed by atoms with E-state index in [4.69, 9.17) is 8.85 Å². The van der Waals surface area contributed by atoms with Crippen molar-refractivity contribution < 1.29 is 13.6 Å². The zero-order chi connectivity index (χ0) is 12.4. The summed E-state index contributed by atoms with van der Waals surface area (Å²) in [6, 6.07) is 0.977. The number of carbonyl (C=O) groups excluding carboxylic acids is 1. The molecule has 0 fully saturated rings. The molecule has 0 aromatic heterocycles. The van der Waals surface area contributed by atoms with Gasteiger partial charge >= 0.3 is 9.28 Å². The van der Waals surface area contributed by atoms with Crippen LogP contribution in [-0.2, 0) is 13.6 Å². The zero-order valence-electron chi connectivity index (χ0n) is 10.7. The molecule has 16 heavy (non-hydrogen) atoms. The maximum Gasteiger partial charge on any atom is 0.321 e. The average Bonchev–Trinajstić information content (AvgIpc) is 2.15. The van der Waals surface area contributed by atoms with E-state index in [2.05, 4.69) is 4.99 Å². The number of aliphatic imine (C=N–C) groups is 1. The van der Waals surface area contributed by atoms with Gasteiger partial charge in [0, 0.05) is 12.2 Å². The van der Waals surface area contributed by atoms with Crippen molar-refractivity contribution in [2.45, 2.75) is 58.8 Å². The summed E-state index contributed by atoms with van der Waals surface area (Å²) in [6.45, 7) is 8.68. The van der Waals surface area contributed by atoms with E-state index >= 15 is 0 Å². The Balaban J connectivity index is 3.77. The summed E-state index contributed by atoms with van der Waals surface area (Å²) < 4.78 is 11.6. The number of hydrogen-bond acceptors (Lipinski definition) is 4. The third-order valence-electron chi connectivity index (χ3n) is 1.87.